The van der Waals surface area contributed by atoms with Crippen molar-refractivity contribution in [1.29, 1.82) is 0 Å². The van der Waals surface area contributed by atoms with Crippen LogP contribution in [-0.4, -0.2) is 42.8 Å². The van der Waals surface area contributed by atoms with Crippen molar-refractivity contribution in [3.63, 3.8) is 0 Å². The van der Waals surface area contributed by atoms with E-state index < -0.39 is 0 Å². The fourth-order valence-electron chi connectivity index (χ4n) is 4.32. The zero-order chi connectivity index (χ0) is 21.6. The fraction of sp³-hybridized carbons (Fsp3) is 0.370. The Balaban J connectivity index is 1.29. The third-order valence-electron chi connectivity index (χ3n) is 5.82. The van der Waals surface area contributed by atoms with Crippen LogP contribution in [0.4, 0.5) is 0 Å². The molecule has 0 bridgehead atoms. The number of aryl methyl sites for hydroxylation is 2. The third-order valence-corrected chi connectivity index (χ3v) is 5.82. The average Bonchev–Trinajstić information content (AvgIpc) is 3.14. The minimum absolute atomic E-state index is 0.267. The summed E-state index contributed by atoms with van der Waals surface area (Å²) in [5, 5.41) is 0. The number of hydrogen-bond acceptors (Lipinski definition) is 4. The van der Waals surface area contributed by atoms with E-state index in [0.29, 0.717) is 13.0 Å². The van der Waals surface area contributed by atoms with Crippen LogP contribution in [0, 0.1) is 0 Å². The summed E-state index contributed by atoms with van der Waals surface area (Å²) < 4.78 is 6.03. The van der Waals surface area contributed by atoms with Crippen LogP contribution in [0.15, 0.2) is 65.1 Å². The SMILES string of the molecule is CN(C)Cc1cc2c(o1)CN(CC(=O)Cc1cccc(CCc3ccccc3)c1)CC2. The maximum Gasteiger partial charge on any atom is 0.151 e. The standard InChI is InChI=1S/C27H32N2O2/c1-28(2)19-26-17-24-13-14-29(20-27(24)31-26)18-25(30)16-23-10-6-9-22(15-23)12-11-21-7-4-3-5-8-21/h3-10,15,17H,11-14,16,18-20H2,1-2H3. The topological polar surface area (TPSA) is 36.7 Å². The molecule has 4 heteroatoms. The van der Waals surface area contributed by atoms with Crippen LogP contribution in [0.1, 0.15) is 33.8 Å². The van der Waals surface area contributed by atoms with Gasteiger partial charge in [0.25, 0.3) is 0 Å². The molecular weight excluding hydrogens is 384 g/mol. The van der Waals surface area contributed by atoms with Gasteiger partial charge in [-0.1, -0.05) is 54.6 Å². The number of furan rings is 1. The van der Waals surface area contributed by atoms with E-state index in [1.54, 1.807) is 0 Å². The summed E-state index contributed by atoms with van der Waals surface area (Å²) in [5.41, 5.74) is 5.05. The van der Waals surface area contributed by atoms with Crippen molar-refractivity contribution < 1.29 is 9.21 Å². The average molecular weight is 417 g/mol. The maximum absolute atomic E-state index is 12.8. The van der Waals surface area contributed by atoms with Crippen LogP contribution < -0.4 is 0 Å². The summed E-state index contributed by atoms with van der Waals surface area (Å²) in [5.74, 6) is 2.30. The second-order valence-electron chi connectivity index (χ2n) is 8.88. The normalized spacial score (nSPS) is 14.0. The summed E-state index contributed by atoms with van der Waals surface area (Å²) >= 11 is 0. The number of Topliss-reactive ketones (excluding diaryl/α,β-unsaturated/α-hetero) is 1. The fourth-order valence-corrected chi connectivity index (χ4v) is 4.32. The number of rotatable bonds is 9. The lowest BCUT2D eigenvalue weighted by Gasteiger charge is -2.25. The Morgan fingerprint density at radius 2 is 1.71 bits per heavy atom. The van der Waals surface area contributed by atoms with Gasteiger partial charge in [-0.15, -0.1) is 0 Å². The first-order valence-electron chi connectivity index (χ1n) is 11.2. The maximum atomic E-state index is 12.8. The van der Waals surface area contributed by atoms with Crippen molar-refractivity contribution in [3.8, 4) is 0 Å². The number of carbonyl (C=O) groups excluding carboxylic acids is 1. The summed E-state index contributed by atoms with van der Waals surface area (Å²) in [7, 11) is 4.09. The first-order valence-corrected chi connectivity index (χ1v) is 11.2. The highest BCUT2D eigenvalue weighted by molar-refractivity contribution is 5.82. The molecule has 0 saturated carbocycles. The number of benzene rings is 2. The van der Waals surface area contributed by atoms with Gasteiger partial charge in [-0.05, 0) is 61.7 Å². The molecule has 0 unspecified atom stereocenters. The number of nitrogens with zero attached hydrogens (tertiary/aromatic N) is 2. The van der Waals surface area contributed by atoms with E-state index >= 15 is 0 Å². The minimum Gasteiger partial charge on any atom is -0.463 e. The van der Waals surface area contributed by atoms with Gasteiger partial charge in [-0.3, -0.25) is 9.69 Å². The first kappa shape index (κ1) is 21.5. The van der Waals surface area contributed by atoms with E-state index in [0.717, 1.165) is 56.0 Å². The van der Waals surface area contributed by atoms with Crippen molar-refractivity contribution >= 4 is 5.78 Å². The van der Waals surface area contributed by atoms with E-state index in [1.807, 2.05) is 20.2 Å². The zero-order valence-corrected chi connectivity index (χ0v) is 18.6. The van der Waals surface area contributed by atoms with Gasteiger partial charge in [0.15, 0.2) is 5.78 Å². The van der Waals surface area contributed by atoms with Gasteiger partial charge >= 0.3 is 0 Å². The molecule has 0 radical (unpaired) electrons. The van der Waals surface area contributed by atoms with E-state index in [2.05, 4.69) is 64.4 Å². The molecule has 0 aliphatic carbocycles. The van der Waals surface area contributed by atoms with Gasteiger partial charge in [0.1, 0.15) is 11.5 Å². The number of fused-ring (bicyclic) bond motifs is 1. The Labute approximate surface area is 185 Å². The van der Waals surface area contributed by atoms with Crippen molar-refractivity contribution in [3.05, 3.63) is 94.4 Å². The molecule has 31 heavy (non-hydrogen) atoms. The Morgan fingerprint density at radius 1 is 0.968 bits per heavy atom. The molecule has 4 rings (SSSR count). The number of ketones is 1. The van der Waals surface area contributed by atoms with Crippen molar-refractivity contribution in [2.75, 3.05) is 27.2 Å². The largest absolute Gasteiger partial charge is 0.463 e. The van der Waals surface area contributed by atoms with Gasteiger partial charge in [-0.25, -0.2) is 0 Å². The highest BCUT2D eigenvalue weighted by Crippen LogP contribution is 2.23. The van der Waals surface area contributed by atoms with Crippen LogP contribution in [0.2, 0.25) is 0 Å². The van der Waals surface area contributed by atoms with E-state index in [-0.39, 0.29) is 5.78 Å². The number of carbonyl (C=O) groups is 1. The Morgan fingerprint density at radius 3 is 2.52 bits per heavy atom. The molecule has 1 aliphatic rings. The van der Waals surface area contributed by atoms with Gasteiger partial charge in [-0.2, -0.15) is 0 Å². The van der Waals surface area contributed by atoms with Gasteiger partial charge < -0.3 is 9.32 Å². The first-order chi connectivity index (χ1) is 15.0. The summed E-state index contributed by atoms with van der Waals surface area (Å²) in [6.45, 7) is 2.94. The Hall–Kier alpha value is -2.69. The molecule has 2 heterocycles. The molecule has 0 spiro atoms. The monoisotopic (exact) mass is 416 g/mol. The lowest BCUT2D eigenvalue weighted by atomic mass is 10.00. The van der Waals surface area contributed by atoms with Crippen molar-refractivity contribution in [2.45, 2.75) is 38.8 Å². The third kappa shape index (κ3) is 6.16. The smallest absolute Gasteiger partial charge is 0.151 e. The van der Waals surface area contributed by atoms with Crippen LogP contribution in [0.5, 0.6) is 0 Å². The summed E-state index contributed by atoms with van der Waals surface area (Å²) in [4.78, 5) is 17.1. The van der Waals surface area contributed by atoms with E-state index in [9.17, 15) is 4.79 Å². The summed E-state index contributed by atoms with van der Waals surface area (Å²) in [6.07, 6.45) is 3.46. The highest BCUT2D eigenvalue weighted by Gasteiger charge is 2.22. The predicted octanol–water partition coefficient (Wildman–Crippen LogP) is 4.30. The summed E-state index contributed by atoms with van der Waals surface area (Å²) in [6, 6.07) is 21.2. The van der Waals surface area contributed by atoms with Crippen LogP contribution in [0.3, 0.4) is 0 Å². The van der Waals surface area contributed by atoms with Crippen molar-refractivity contribution in [1.82, 2.24) is 9.80 Å². The van der Waals surface area contributed by atoms with Gasteiger partial charge in [0.05, 0.1) is 19.6 Å². The highest BCUT2D eigenvalue weighted by atomic mass is 16.3. The second kappa shape index (κ2) is 10.1. The van der Waals surface area contributed by atoms with Gasteiger partial charge in [0.2, 0.25) is 0 Å². The molecule has 0 atom stereocenters. The molecule has 2 aromatic carbocycles. The molecule has 1 aliphatic heterocycles. The molecule has 0 N–H and O–H groups in total. The lowest BCUT2D eigenvalue weighted by molar-refractivity contribution is -0.119. The Kier molecular flexibility index (Phi) is 7.00. The van der Waals surface area contributed by atoms with Crippen LogP contribution in [-0.2, 0) is 43.6 Å². The quantitative estimate of drug-likeness (QED) is 0.521. The van der Waals surface area contributed by atoms with Crippen LogP contribution in [0.25, 0.3) is 0 Å². The molecule has 0 saturated heterocycles. The minimum atomic E-state index is 0.267. The van der Waals surface area contributed by atoms with Crippen molar-refractivity contribution in [2.24, 2.45) is 0 Å². The molecular formula is C27H32N2O2. The predicted molar refractivity (Wildman–Crippen MR) is 124 cm³/mol. The molecule has 162 valence electrons. The Bertz CT molecular complexity index is 1010. The van der Waals surface area contributed by atoms with E-state index in [1.165, 1.54) is 16.7 Å². The molecule has 0 fully saturated rings. The lowest BCUT2D eigenvalue weighted by Crippen LogP contribution is -2.34. The van der Waals surface area contributed by atoms with Crippen LogP contribution >= 0.6 is 0 Å². The zero-order valence-electron chi connectivity index (χ0n) is 18.6. The molecule has 3 aromatic rings. The second-order valence-corrected chi connectivity index (χ2v) is 8.88. The van der Waals surface area contributed by atoms with E-state index in [4.69, 9.17) is 4.42 Å². The van der Waals surface area contributed by atoms with Gasteiger partial charge in [0, 0.05) is 13.0 Å². The molecule has 0 amide bonds. The molecule has 1 aromatic heterocycles. The molecule has 4 nitrogen and oxygen atoms in total. The number of hydrogen-bond donors (Lipinski definition) is 0.